The summed E-state index contributed by atoms with van der Waals surface area (Å²) in [4.78, 5) is 260. The number of nitrogens with zero attached hydrogens (tertiary/aromatic N) is 9. The second kappa shape index (κ2) is 48.4. The smallest absolute Gasteiger partial charge is 0.305 e. The van der Waals surface area contributed by atoms with Crippen molar-refractivity contribution in [3.8, 4) is 5.75 Å². The summed E-state index contributed by atoms with van der Waals surface area (Å²) in [5.41, 5.74) is 19.6. The fourth-order valence-electron chi connectivity index (χ4n) is 16.3. The number of likely N-dealkylation sites (N-methyl/N-ethyl adjacent to an activating group) is 2. The summed E-state index contributed by atoms with van der Waals surface area (Å²) in [5, 5.41) is 84.1. The number of nitrogens with one attached hydrogen (secondary N) is 12. The molecule has 0 unspecified atom stereocenters. The Morgan fingerprint density at radius 3 is 1.87 bits per heavy atom. The highest BCUT2D eigenvalue weighted by Crippen LogP contribution is 2.31. The van der Waals surface area contributed by atoms with Crippen molar-refractivity contribution < 1.29 is 102 Å². The molecule has 46 heteroatoms. The number of aliphatic hydroxyl groups excluding tert-OH is 2. The van der Waals surface area contributed by atoms with Crippen LogP contribution in [0.1, 0.15) is 138 Å². The number of carbonyl (C=O) groups is 17. The van der Waals surface area contributed by atoms with Gasteiger partial charge in [-0.3, -0.25) is 81.5 Å². The standard InChI is InChI=1S/C88H116N24O21S/c1-6-8-22-67-82(127)102-64(38-89)80(125)104-66(77(122)94-41-72(91)117)44-134-45-73(118)96-62(32-48-25-27-53(114)28-26-48)85(130)108(4)47(3)76(121)101-63(37-74(119)120)87(132)110-31-15-24-68(110)83(128)100-61(35-52-40-92-46-95-52)79(124)97-58(29-30-71(90)116)86(131)111-42-54(115)36-70(111)84(129)99-60(34-51-39-93-57-21-13-12-20-56(51)57)78(123)103-65(43-113)81(126)98-59(33-50-18-14-17-49-16-10-11-19-55(49)50)75-105-106-107-112(75)69(23-9-7-2)88(133)109(67)5/h10-14,16-21,25-28,39-40,46-47,54,58-70,93,113-115H,6-9,15,22-24,29-38,41-45,89H2,1-5H3,(H2,90,116)(H2,91,117)(H,92,95)(H,94,122)(H,96,118)(H,97,124)(H,98,126)(H,99,129)(H,100,128)(H,101,121)(H,102,127)(H,103,123)(H,104,125)(H,119,120)/t47-,54+,58-,59-,60-,61-,62-,63-,64-,65-,66-,67-,68-,69-,70-/m0/s1. The second-order valence-corrected chi connectivity index (χ2v) is 34.4. The Morgan fingerprint density at radius 2 is 1.19 bits per heavy atom. The minimum Gasteiger partial charge on any atom is -0.508 e. The number of aromatic amines is 2. The summed E-state index contributed by atoms with van der Waals surface area (Å²) in [7, 11) is 2.53. The number of imidazole rings is 1. The molecular weight excluding hydrogens is 1760 g/mol. The molecule has 3 aliphatic rings. The minimum absolute atomic E-state index is 0.00685. The van der Waals surface area contributed by atoms with Gasteiger partial charge in [-0.2, -0.15) is 0 Å². The zero-order chi connectivity index (χ0) is 97.1. The Balaban J connectivity index is 1.02. The lowest BCUT2D eigenvalue weighted by Gasteiger charge is -2.32. The number of primary amides is 2. The lowest BCUT2D eigenvalue weighted by Crippen LogP contribution is -2.60. The number of phenols is 1. The van der Waals surface area contributed by atoms with Gasteiger partial charge in [-0.25, -0.2) is 9.67 Å². The topological polar surface area (TPSA) is 670 Å². The predicted molar refractivity (Wildman–Crippen MR) is 482 cm³/mol. The van der Waals surface area contributed by atoms with E-state index in [2.05, 4.69) is 83.6 Å². The monoisotopic (exact) mass is 1880 g/mol. The van der Waals surface area contributed by atoms with Crippen LogP contribution in [0.3, 0.4) is 0 Å². The van der Waals surface area contributed by atoms with Crippen molar-refractivity contribution in [3.63, 3.8) is 0 Å². The molecule has 45 nitrogen and oxygen atoms in total. The molecule has 10 rings (SSSR count). The van der Waals surface area contributed by atoms with Gasteiger partial charge in [0.15, 0.2) is 5.82 Å². The van der Waals surface area contributed by atoms with E-state index in [0.29, 0.717) is 53.3 Å². The molecule has 2 saturated heterocycles. The number of hydrogen-bond donors (Lipinski definition) is 19. The quantitative estimate of drug-likeness (QED) is 0.0277. The highest BCUT2D eigenvalue weighted by Gasteiger charge is 2.47. The van der Waals surface area contributed by atoms with Crippen molar-refractivity contribution >= 4 is 134 Å². The summed E-state index contributed by atoms with van der Waals surface area (Å²) in [6, 6.07) is 2.64. The maximum atomic E-state index is 15.7. The molecule has 134 heavy (non-hydrogen) atoms. The van der Waals surface area contributed by atoms with Crippen LogP contribution in [0.2, 0.25) is 0 Å². The third kappa shape index (κ3) is 27.1. The van der Waals surface area contributed by atoms with Crippen LogP contribution in [0.5, 0.6) is 5.75 Å². The molecule has 4 aromatic carbocycles. The first-order valence-electron chi connectivity index (χ1n) is 44.1. The molecule has 3 aliphatic heterocycles. The molecule has 0 spiro atoms. The van der Waals surface area contributed by atoms with Gasteiger partial charge in [0.25, 0.3) is 0 Å². The van der Waals surface area contributed by atoms with Gasteiger partial charge in [0.1, 0.15) is 84.3 Å². The molecule has 6 heterocycles. The Hall–Kier alpha value is -14.0. The van der Waals surface area contributed by atoms with Crippen molar-refractivity contribution in [1.29, 1.82) is 0 Å². The van der Waals surface area contributed by atoms with Gasteiger partial charge in [0.05, 0.1) is 43.8 Å². The van der Waals surface area contributed by atoms with Crippen molar-refractivity contribution in [3.05, 3.63) is 138 Å². The SMILES string of the molecule is CCCC[C@H]1C(=O)N[C@@H](CN)C(=O)N[C@H](C(=O)NCC(N)=O)CSCC(=O)N[C@@H](Cc2ccc(O)cc2)C(=O)N(C)[C@@H](C)C(=O)N[C@@H](CC(=O)O)C(=O)N2CCC[C@H]2C(=O)N[C@@H](Cc2cnc[nH]2)C(=O)N[C@@H](CCC(N)=O)C(=O)N2C[C@H](O)C[C@H]2C(=O)N[C@@H](Cc2c[nH]c3ccccc23)C(=O)N[C@@H](CO)C(=O)N[C@@H](Cc2cccc3ccccc23)c2nnnn2[C@@H](CCCC)C(=O)N1C. The average Bonchev–Trinajstić information content (AvgIpc) is 1.61. The van der Waals surface area contributed by atoms with Gasteiger partial charge < -0.3 is 120 Å². The number of amides is 16. The minimum atomic E-state index is -1.94. The molecule has 2 fully saturated rings. The zero-order valence-corrected chi connectivity index (χ0v) is 75.5. The van der Waals surface area contributed by atoms with E-state index in [1.54, 1.807) is 48.7 Å². The molecule has 16 amide bonds. The maximum Gasteiger partial charge on any atom is 0.305 e. The number of phenolic OH excluding ortho intramolecular Hbond substituents is 1. The van der Waals surface area contributed by atoms with Crippen LogP contribution >= 0.6 is 11.8 Å². The van der Waals surface area contributed by atoms with Crippen molar-refractivity contribution in [2.75, 3.05) is 58.4 Å². The zero-order valence-electron chi connectivity index (χ0n) is 74.7. The summed E-state index contributed by atoms with van der Waals surface area (Å²) >= 11 is 0.745. The largest absolute Gasteiger partial charge is 0.508 e. The Morgan fingerprint density at radius 1 is 0.582 bits per heavy atom. The second-order valence-electron chi connectivity index (χ2n) is 33.3. The van der Waals surface area contributed by atoms with Crippen LogP contribution in [0.4, 0.5) is 0 Å². The average molecular weight is 1880 g/mol. The number of fused-ring (bicyclic) bond motifs is 5. The van der Waals surface area contributed by atoms with Gasteiger partial charge in [-0.15, -0.1) is 16.9 Å². The van der Waals surface area contributed by atoms with E-state index < -0.39 is 261 Å². The lowest BCUT2D eigenvalue weighted by molar-refractivity contribution is -0.147. The summed E-state index contributed by atoms with van der Waals surface area (Å²) < 4.78 is 1.21. The fraction of sp³-hybridized carbons (Fsp3) is 0.489. The van der Waals surface area contributed by atoms with E-state index in [1.165, 1.54) is 62.5 Å². The van der Waals surface area contributed by atoms with Crippen LogP contribution in [0, 0.1) is 0 Å². The molecule has 15 atom stereocenters. The van der Waals surface area contributed by atoms with Crippen LogP contribution in [0.25, 0.3) is 21.7 Å². The van der Waals surface area contributed by atoms with Crippen molar-refractivity contribution in [1.82, 2.24) is 108 Å². The number of unbranched alkanes of at least 4 members (excludes halogenated alkanes) is 2. The number of benzene rings is 4. The number of aliphatic hydroxyl groups is 2. The number of hydrogen-bond acceptors (Lipinski definition) is 26. The van der Waals surface area contributed by atoms with Crippen molar-refractivity contribution in [2.24, 2.45) is 17.2 Å². The molecule has 720 valence electrons. The van der Waals surface area contributed by atoms with Gasteiger partial charge in [0.2, 0.25) is 94.5 Å². The Bertz CT molecular complexity index is 5380. The van der Waals surface area contributed by atoms with E-state index in [4.69, 9.17) is 17.2 Å². The summed E-state index contributed by atoms with van der Waals surface area (Å²) in [6.07, 6.45) is 0.624. The summed E-state index contributed by atoms with van der Waals surface area (Å²) in [5.74, 6) is -18.8. The normalized spacial score (nSPS) is 24.6. The van der Waals surface area contributed by atoms with E-state index in [-0.39, 0.29) is 68.8 Å². The number of carboxylic acids is 1. The molecular formula is C88H116N24O21S. The first-order valence-corrected chi connectivity index (χ1v) is 45.3. The van der Waals surface area contributed by atoms with E-state index in [9.17, 15) is 73.2 Å². The van der Waals surface area contributed by atoms with Crippen LogP contribution in [-0.2, 0) is 107 Å². The third-order valence-electron chi connectivity index (χ3n) is 23.7. The van der Waals surface area contributed by atoms with Crippen molar-refractivity contribution in [2.45, 2.75) is 214 Å². The number of thioether (sulfide) groups is 1. The molecule has 3 aromatic heterocycles. The molecule has 0 bridgehead atoms. The van der Waals surface area contributed by atoms with Crippen LogP contribution < -0.4 is 70.4 Å². The number of carbonyl (C=O) groups excluding carboxylic acids is 16. The van der Waals surface area contributed by atoms with Gasteiger partial charge in [-0.05, 0) is 95.1 Å². The molecule has 22 N–H and O–H groups in total. The van der Waals surface area contributed by atoms with E-state index >= 15 is 28.8 Å². The molecule has 0 radical (unpaired) electrons. The maximum absolute atomic E-state index is 15.7. The number of carboxylic acid groups (broad SMARTS) is 1. The van der Waals surface area contributed by atoms with Crippen LogP contribution in [-0.4, -0.2) is 313 Å². The molecule has 0 aliphatic carbocycles. The predicted octanol–water partition coefficient (Wildman–Crippen LogP) is -3.67. The molecule has 7 aromatic rings. The number of aromatic hydroxyl groups is 1. The number of tetrazole rings is 1. The number of aromatic nitrogens is 7. The van der Waals surface area contributed by atoms with Crippen LogP contribution in [0.15, 0.2) is 110 Å². The molecule has 0 saturated carbocycles. The number of aliphatic carboxylic acids is 1. The number of H-pyrrole nitrogens is 2. The first kappa shape index (κ1) is 102. The fourth-order valence-corrected chi connectivity index (χ4v) is 17.2. The van der Waals surface area contributed by atoms with Gasteiger partial charge >= 0.3 is 5.97 Å². The highest BCUT2D eigenvalue weighted by atomic mass is 32.2. The lowest BCUT2D eigenvalue weighted by atomic mass is 9.97. The van der Waals surface area contributed by atoms with E-state index in [0.717, 1.165) is 42.1 Å². The highest BCUT2D eigenvalue weighted by molar-refractivity contribution is 8.00. The first-order chi connectivity index (χ1) is 64.1. The van der Waals surface area contributed by atoms with Gasteiger partial charge in [0, 0.05) is 107 Å². The van der Waals surface area contributed by atoms with Gasteiger partial charge in [-0.1, -0.05) is 112 Å². The summed E-state index contributed by atoms with van der Waals surface area (Å²) in [6.45, 7) is 1.73. The number of nitrogens with two attached hydrogens (primary N) is 3. The Kier molecular flexibility index (Phi) is 36.9. The van der Waals surface area contributed by atoms with E-state index in [1.807, 2.05) is 38.1 Å². The third-order valence-corrected chi connectivity index (χ3v) is 24.8. The Labute approximate surface area is 773 Å². The number of para-hydroxylation sites is 1. The number of rotatable bonds is 24.